The average molecular weight is 279 g/mol. The van der Waals surface area contributed by atoms with Gasteiger partial charge in [-0.15, -0.1) is 0 Å². The fourth-order valence-corrected chi connectivity index (χ4v) is 4.30. The molecule has 1 heterocycles. The van der Waals surface area contributed by atoms with E-state index in [0.717, 1.165) is 12.2 Å². The highest BCUT2D eigenvalue weighted by atomic mass is 16.5. The van der Waals surface area contributed by atoms with E-state index >= 15 is 0 Å². The van der Waals surface area contributed by atoms with Crippen LogP contribution in [0.5, 0.6) is 5.75 Å². The molecular formula is C19H21NO. The minimum Gasteiger partial charge on any atom is -0.496 e. The minimum absolute atomic E-state index is 0.431. The number of rotatable bonds is 1. The Morgan fingerprint density at radius 2 is 1.81 bits per heavy atom. The predicted molar refractivity (Wildman–Crippen MR) is 86.5 cm³/mol. The van der Waals surface area contributed by atoms with E-state index in [1.165, 1.54) is 39.1 Å². The van der Waals surface area contributed by atoms with Crippen molar-refractivity contribution < 1.29 is 4.74 Å². The first-order chi connectivity index (χ1) is 10.1. The molecule has 0 fully saturated rings. The largest absolute Gasteiger partial charge is 0.496 e. The number of ether oxygens (including phenoxy) is 1. The zero-order valence-corrected chi connectivity index (χ0v) is 13.1. The van der Waals surface area contributed by atoms with Crippen molar-refractivity contribution >= 4 is 5.69 Å². The maximum absolute atomic E-state index is 5.68. The molecule has 1 N–H and O–H groups in total. The molecule has 1 aliphatic carbocycles. The summed E-state index contributed by atoms with van der Waals surface area (Å²) in [4.78, 5) is 0. The van der Waals surface area contributed by atoms with Crippen LogP contribution in [-0.2, 0) is 6.42 Å². The molecule has 0 aromatic heterocycles. The van der Waals surface area contributed by atoms with Gasteiger partial charge in [-0.1, -0.05) is 24.3 Å². The van der Waals surface area contributed by atoms with Crippen LogP contribution < -0.4 is 10.1 Å². The molecule has 21 heavy (non-hydrogen) atoms. The number of anilines is 1. The number of hydrogen-bond donors (Lipinski definition) is 1. The molecule has 4 rings (SSSR count). The minimum atomic E-state index is 0.431. The molecule has 0 unspecified atom stereocenters. The number of benzene rings is 2. The molecule has 0 bridgehead atoms. The van der Waals surface area contributed by atoms with Crippen LogP contribution in [0.25, 0.3) is 0 Å². The lowest BCUT2D eigenvalue weighted by atomic mass is 9.88. The quantitative estimate of drug-likeness (QED) is 0.834. The van der Waals surface area contributed by atoms with Gasteiger partial charge >= 0.3 is 0 Å². The Hall–Kier alpha value is -1.96. The first kappa shape index (κ1) is 12.8. The molecule has 0 amide bonds. The third kappa shape index (κ3) is 1.53. The van der Waals surface area contributed by atoms with Gasteiger partial charge in [0.05, 0.1) is 13.2 Å². The number of hydrogen-bond acceptors (Lipinski definition) is 2. The van der Waals surface area contributed by atoms with Gasteiger partial charge in [0.15, 0.2) is 0 Å². The zero-order chi connectivity index (χ0) is 14.7. The third-order valence-corrected chi connectivity index (χ3v) is 5.40. The summed E-state index contributed by atoms with van der Waals surface area (Å²) in [5, 5.41) is 3.80. The summed E-state index contributed by atoms with van der Waals surface area (Å²) < 4.78 is 5.68. The highest BCUT2D eigenvalue weighted by Gasteiger charge is 2.42. The standard InChI is InChI=1S/C19H21NO/c1-10-11(2)19(21-4)12(3)16-15-9-13-7-5-6-8-14(13)18(15)20-17(10)16/h5-8,15,18,20H,9H2,1-4H3/t15-,18-/m0/s1. The summed E-state index contributed by atoms with van der Waals surface area (Å²) in [6.07, 6.45) is 1.13. The van der Waals surface area contributed by atoms with Crippen molar-refractivity contribution in [2.75, 3.05) is 12.4 Å². The zero-order valence-electron chi connectivity index (χ0n) is 13.1. The fourth-order valence-electron chi connectivity index (χ4n) is 4.30. The van der Waals surface area contributed by atoms with Gasteiger partial charge in [0.1, 0.15) is 5.75 Å². The Morgan fingerprint density at radius 3 is 2.57 bits per heavy atom. The molecule has 2 aliphatic rings. The molecular weight excluding hydrogens is 258 g/mol. The Kier molecular flexibility index (Phi) is 2.59. The highest BCUT2D eigenvalue weighted by Crippen LogP contribution is 2.55. The Bertz CT molecular complexity index is 748. The maximum Gasteiger partial charge on any atom is 0.125 e. The van der Waals surface area contributed by atoms with Crippen LogP contribution in [0, 0.1) is 20.8 Å². The van der Waals surface area contributed by atoms with Gasteiger partial charge in [0.2, 0.25) is 0 Å². The average Bonchev–Trinajstić information content (AvgIpc) is 3.01. The maximum atomic E-state index is 5.68. The Labute approximate surface area is 126 Å². The van der Waals surface area contributed by atoms with Crippen LogP contribution in [0.2, 0.25) is 0 Å². The third-order valence-electron chi connectivity index (χ3n) is 5.40. The van der Waals surface area contributed by atoms with Gasteiger partial charge in [0, 0.05) is 11.6 Å². The predicted octanol–water partition coefficient (Wildman–Crippen LogP) is 4.43. The molecule has 2 nitrogen and oxygen atoms in total. The van der Waals surface area contributed by atoms with Crippen molar-refractivity contribution in [1.29, 1.82) is 0 Å². The van der Waals surface area contributed by atoms with Crippen LogP contribution in [0.3, 0.4) is 0 Å². The molecule has 0 radical (unpaired) electrons. The summed E-state index contributed by atoms with van der Waals surface area (Å²) >= 11 is 0. The number of fused-ring (bicyclic) bond motifs is 5. The second kappa shape index (κ2) is 4.27. The van der Waals surface area contributed by atoms with E-state index in [9.17, 15) is 0 Å². The van der Waals surface area contributed by atoms with E-state index in [4.69, 9.17) is 4.74 Å². The molecule has 1 aliphatic heterocycles. The molecule has 2 aromatic rings. The monoisotopic (exact) mass is 279 g/mol. The van der Waals surface area contributed by atoms with Gasteiger partial charge < -0.3 is 10.1 Å². The van der Waals surface area contributed by atoms with Crippen LogP contribution in [-0.4, -0.2) is 7.11 Å². The second-order valence-corrected chi connectivity index (χ2v) is 6.33. The van der Waals surface area contributed by atoms with Crippen molar-refractivity contribution in [1.82, 2.24) is 0 Å². The summed E-state index contributed by atoms with van der Waals surface area (Å²) in [6, 6.07) is 9.27. The van der Waals surface area contributed by atoms with E-state index in [0.29, 0.717) is 12.0 Å². The summed E-state index contributed by atoms with van der Waals surface area (Å²) in [7, 11) is 1.78. The van der Waals surface area contributed by atoms with Gasteiger partial charge in [-0.25, -0.2) is 0 Å². The van der Waals surface area contributed by atoms with Gasteiger partial charge in [-0.3, -0.25) is 0 Å². The van der Waals surface area contributed by atoms with Crippen molar-refractivity contribution in [2.45, 2.75) is 39.2 Å². The van der Waals surface area contributed by atoms with E-state index in [1.807, 2.05) is 0 Å². The first-order valence-corrected chi connectivity index (χ1v) is 7.65. The van der Waals surface area contributed by atoms with Crippen LogP contribution in [0.1, 0.15) is 45.3 Å². The normalized spacial score (nSPS) is 21.5. The highest BCUT2D eigenvalue weighted by molar-refractivity contribution is 5.74. The SMILES string of the molecule is COc1c(C)c(C)c2c(c1C)[C@@H]1Cc3ccccc3[C@@H]1N2. The van der Waals surface area contributed by atoms with Crippen LogP contribution in [0.15, 0.2) is 24.3 Å². The molecule has 0 saturated carbocycles. The van der Waals surface area contributed by atoms with Crippen LogP contribution in [0.4, 0.5) is 5.69 Å². The van der Waals surface area contributed by atoms with Gasteiger partial charge in [-0.05, 0) is 60.6 Å². The van der Waals surface area contributed by atoms with E-state index in [1.54, 1.807) is 7.11 Å². The lowest BCUT2D eigenvalue weighted by Crippen LogP contribution is -2.05. The first-order valence-electron chi connectivity index (χ1n) is 7.65. The van der Waals surface area contributed by atoms with Gasteiger partial charge in [0.25, 0.3) is 0 Å². The fraction of sp³-hybridized carbons (Fsp3) is 0.368. The Balaban J connectivity index is 1.92. The van der Waals surface area contributed by atoms with Crippen molar-refractivity contribution in [3.8, 4) is 5.75 Å². The topological polar surface area (TPSA) is 21.3 Å². The molecule has 108 valence electrons. The van der Waals surface area contributed by atoms with E-state index in [2.05, 4.69) is 50.4 Å². The van der Waals surface area contributed by atoms with Crippen molar-refractivity contribution in [2.24, 2.45) is 0 Å². The molecule has 2 atom stereocenters. The van der Waals surface area contributed by atoms with Gasteiger partial charge in [-0.2, -0.15) is 0 Å². The summed E-state index contributed by atoms with van der Waals surface area (Å²) in [5.74, 6) is 1.61. The van der Waals surface area contributed by atoms with Crippen molar-refractivity contribution in [3.63, 3.8) is 0 Å². The lowest BCUT2D eigenvalue weighted by molar-refractivity contribution is 0.407. The molecule has 2 heteroatoms. The number of nitrogens with one attached hydrogen (secondary N) is 1. The van der Waals surface area contributed by atoms with E-state index in [-0.39, 0.29) is 0 Å². The lowest BCUT2D eigenvalue weighted by Gasteiger charge is -2.18. The summed E-state index contributed by atoms with van der Waals surface area (Å²) in [5.41, 5.74) is 9.67. The second-order valence-electron chi connectivity index (χ2n) is 6.33. The van der Waals surface area contributed by atoms with Crippen molar-refractivity contribution in [3.05, 3.63) is 57.6 Å². The van der Waals surface area contributed by atoms with E-state index < -0.39 is 0 Å². The molecule has 0 saturated heterocycles. The summed E-state index contributed by atoms with van der Waals surface area (Å²) in [6.45, 7) is 6.57. The Morgan fingerprint density at radius 1 is 1.05 bits per heavy atom. The molecule has 0 spiro atoms. The molecule has 2 aromatic carbocycles. The smallest absolute Gasteiger partial charge is 0.125 e. The number of methoxy groups -OCH3 is 1. The van der Waals surface area contributed by atoms with Crippen LogP contribution >= 0.6 is 0 Å².